The second kappa shape index (κ2) is 20.8. The van der Waals surface area contributed by atoms with Crippen LogP contribution in [0.25, 0.3) is 0 Å². The van der Waals surface area contributed by atoms with E-state index in [9.17, 15) is 9.59 Å². The first-order chi connectivity index (χ1) is 18.7. The first-order valence-corrected chi connectivity index (χ1v) is 14.3. The first kappa shape index (κ1) is 35.0. The summed E-state index contributed by atoms with van der Waals surface area (Å²) < 4.78 is 28.4. The molecule has 2 N–H and O–H groups in total. The molecule has 0 spiro atoms. The normalized spacial score (nSPS) is 15.3. The molecule has 1 rings (SSSR count). The molecule has 1 amide bonds. The van der Waals surface area contributed by atoms with Crippen molar-refractivity contribution in [3.05, 3.63) is 29.8 Å². The average molecular weight is 554 g/mol. The lowest BCUT2D eigenvalue weighted by Gasteiger charge is -2.22. The fraction of sp³-hybridized carbons (Fsp3) is 0.733. The largest absolute Gasteiger partial charge is 0.457 e. The summed E-state index contributed by atoms with van der Waals surface area (Å²) in [6.07, 6.45) is 4.62. The van der Waals surface area contributed by atoms with Crippen molar-refractivity contribution in [3.8, 4) is 0 Å². The number of rotatable bonds is 22. The van der Waals surface area contributed by atoms with E-state index >= 15 is 0 Å². The van der Waals surface area contributed by atoms with Crippen molar-refractivity contribution in [2.75, 3.05) is 38.4 Å². The number of carbonyl (C=O) groups excluding carboxylic acids is 2. The van der Waals surface area contributed by atoms with Gasteiger partial charge in [0, 0.05) is 6.42 Å². The lowest BCUT2D eigenvalue weighted by Crippen LogP contribution is -2.29. The highest BCUT2D eigenvalue weighted by molar-refractivity contribution is 6.01. The molecule has 0 heterocycles. The van der Waals surface area contributed by atoms with Gasteiger partial charge >= 0.3 is 5.97 Å². The van der Waals surface area contributed by atoms with E-state index in [-0.39, 0.29) is 43.5 Å². The van der Waals surface area contributed by atoms with E-state index in [0.717, 1.165) is 25.7 Å². The van der Waals surface area contributed by atoms with E-state index in [1.807, 2.05) is 20.8 Å². The quantitative estimate of drug-likeness (QED) is 0.150. The highest BCUT2D eigenvalue weighted by atomic mass is 16.6. The highest BCUT2D eigenvalue weighted by Gasteiger charge is 2.18. The number of ether oxygens (including phenoxy) is 5. The predicted octanol–water partition coefficient (Wildman–Crippen LogP) is 5.14. The molecule has 5 unspecified atom stereocenters. The third kappa shape index (κ3) is 16.6. The van der Waals surface area contributed by atoms with Crippen LogP contribution in [0.3, 0.4) is 0 Å². The van der Waals surface area contributed by atoms with Gasteiger partial charge in [0.25, 0.3) is 0 Å². The summed E-state index contributed by atoms with van der Waals surface area (Å²) in [7, 11) is 0. The number of hydrogen-bond donors (Lipinski definition) is 2. The molecule has 0 saturated heterocycles. The minimum atomic E-state index is -0.508. The summed E-state index contributed by atoms with van der Waals surface area (Å²) >= 11 is 0. The number of esters is 1. The van der Waals surface area contributed by atoms with Crippen molar-refractivity contribution in [1.82, 2.24) is 0 Å². The van der Waals surface area contributed by atoms with Gasteiger partial charge in [0.15, 0.2) is 0 Å². The molecular formula is C30H51NO8. The summed E-state index contributed by atoms with van der Waals surface area (Å²) in [5, 5.41) is 11.9. The maximum atomic E-state index is 12.8. The van der Waals surface area contributed by atoms with Crippen LogP contribution in [-0.2, 0) is 28.5 Å². The Morgan fingerprint density at radius 1 is 0.744 bits per heavy atom. The molecule has 9 nitrogen and oxygen atoms in total. The van der Waals surface area contributed by atoms with E-state index in [0.29, 0.717) is 37.5 Å². The zero-order valence-corrected chi connectivity index (χ0v) is 24.8. The Balaban J connectivity index is 2.35. The predicted molar refractivity (Wildman–Crippen MR) is 152 cm³/mol. The molecule has 9 heteroatoms. The molecular weight excluding hydrogens is 502 g/mol. The first-order valence-electron chi connectivity index (χ1n) is 14.3. The van der Waals surface area contributed by atoms with Crippen LogP contribution in [0.15, 0.2) is 24.3 Å². The number of anilines is 1. The van der Waals surface area contributed by atoms with Gasteiger partial charge in [-0.15, -0.1) is 0 Å². The van der Waals surface area contributed by atoms with E-state index in [1.54, 1.807) is 38.1 Å². The lowest BCUT2D eigenvalue weighted by atomic mass is 10.1. The Labute approximate surface area is 234 Å². The van der Waals surface area contributed by atoms with Crippen LogP contribution in [-0.4, -0.2) is 80.5 Å². The fourth-order valence-electron chi connectivity index (χ4n) is 3.55. The number of unbranched alkanes of at least 4 members (excludes halogenated alkanes) is 4. The number of hydrogen-bond acceptors (Lipinski definition) is 8. The highest BCUT2D eigenvalue weighted by Crippen LogP contribution is 2.18. The van der Waals surface area contributed by atoms with Crippen LogP contribution in [0.2, 0.25) is 0 Å². The van der Waals surface area contributed by atoms with E-state index < -0.39 is 12.1 Å². The maximum absolute atomic E-state index is 12.8. The molecule has 0 aliphatic rings. The van der Waals surface area contributed by atoms with Crippen molar-refractivity contribution in [2.45, 2.75) is 111 Å². The number of nitrogens with one attached hydrogen (secondary N) is 1. The molecule has 39 heavy (non-hydrogen) atoms. The van der Waals surface area contributed by atoms with Crippen molar-refractivity contribution in [3.63, 3.8) is 0 Å². The Morgan fingerprint density at radius 3 is 1.82 bits per heavy atom. The van der Waals surface area contributed by atoms with Gasteiger partial charge in [-0.1, -0.05) is 44.7 Å². The standard InChI is InChI=1S/C30H51NO8/c1-7-8-9-10-11-16-29(33)31-28-15-13-12-14-27(28)30(34)39-26(6)21-38-25(5)20-37-24(4)19-36-23(3)18-35-22(2)17-32/h12-15,22-26,32H,7-11,16-21H2,1-6H3,(H,31,33). The van der Waals surface area contributed by atoms with Crippen molar-refractivity contribution in [2.24, 2.45) is 0 Å². The zero-order chi connectivity index (χ0) is 29.0. The molecule has 0 aromatic heterocycles. The third-order valence-corrected chi connectivity index (χ3v) is 5.96. The molecule has 1 aromatic carbocycles. The summed E-state index contributed by atoms with van der Waals surface area (Å²) in [6, 6.07) is 6.87. The lowest BCUT2D eigenvalue weighted by molar-refractivity contribution is -0.116. The zero-order valence-electron chi connectivity index (χ0n) is 24.8. The third-order valence-electron chi connectivity index (χ3n) is 5.96. The molecule has 0 saturated carbocycles. The summed E-state index contributed by atoms with van der Waals surface area (Å²) in [5.41, 5.74) is 0.773. The van der Waals surface area contributed by atoms with Crippen LogP contribution < -0.4 is 5.32 Å². The number of benzene rings is 1. The Morgan fingerprint density at radius 2 is 1.26 bits per heavy atom. The molecule has 0 radical (unpaired) electrons. The number of aliphatic hydroxyl groups is 1. The Hall–Kier alpha value is -2.04. The van der Waals surface area contributed by atoms with Crippen LogP contribution in [0.5, 0.6) is 0 Å². The molecule has 1 aromatic rings. The Kier molecular flexibility index (Phi) is 18.7. The van der Waals surface area contributed by atoms with Gasteiger partial charge < -0.3 is 34.1 Å². The molecule has 0 bridgehead atoms. The maximum Gasteiger partial charge on any atom is 0.340 e. The Bertz CT molecular complexity index is 805. The summed E-state index contributed by atoms with van der Waals surface area (Å²) in [5.74, 6) is -0.609. The van der Waals surface area contributed by atoms with E-state index in [2.05, 4.69) is 12.2 Å². The van der Waals surface area contributed by atoms with Crippen LogP contribution in [0.4, 0.5) is 5.69 Å². The van der Waals surface area contributed by atoms with Gasteiger partial charge in [0.1, 0.15) is 6.10 Å². The minimum Gasteiger partial charge on any atom is -0.457 e. The van der Waals surface area contributed by atoms with Gasteiger partial charge in [0.2, 0.25) is 5.91 Å². The molecule has 5 atom stereocenters. The van der Waals surface area contributed by atoms with Crippen molar-refractivity contribution >= 4 is 17.6 Å². The van der Waals surface area contributed by atoms with Crippen LogP contribution in [0.1, 0.15) is 90.4 Å². The second-order valence-corrected chi connectivity index (χ2v) is 10.2. The molecule has 0 aliphatic heterocycles. The monoisotopic (exact) mass is 553 g/mol. The number of para-hydroxylation sites is 1. The SMILES string of the molecule is CCCCCCCC(=O)Nc1ccccc1C(=O)OC(C)COC(C)COC(C)COC(C)COC(C)CO. The summed E-state index contributed by atoms with van der Waals surface area (Å²) in [6.45, 7) is 12.8. The number of aliphatic hydroxyl groups excluding tert-OH is 1. The summed E-state index contributed by atoms with van der Waals surface area (Å²) in [4.78, 5) is 25.1. The van der Waals surface area contributed by atoms with Gasteiger partial charge in [-0.25, -0.2) is 4.79 Å². The van der Waals surface area contributed by atoms with Gasteiger partial charge in [0.05, 0.1) is 68.7 Å². The smallest absolute Gasteiger partial charge is 0.340 e. The van der Waals surface area contributed by atoms with E-state index in [4.69, 9.17) is 28.8 Å². The molecule has 0 fully saturated rings. The van der Waals surface area contributed by atoms with Gasteiger partial charge in [-0.3, -0.25) is 4.79 Å². The second-order valence-electron chi connectivity index (χ2n) is 10.2. The number of amides is 1. The van der Waals surface area contributed by atoms with Gasteiger partial charge in [-0.05, 0) is 53.2 Å². The molecule has 0 aliphatic carbocycles. The average Bonchev–Trinajstić information content (AvgIpc) is 2.92. The van der Waals surface area contributed by atoms with Crippen LogP contribution >= 0.6 is 0 Å². The van der Waals surface area contributed by atoms with Crippen molar-refractivity contribution < 1.29 is 38.4 Å². The van der Waals surface area contributed by atoms with Gasteiger partial charge in [-0.2, -0.15) is 0 Å². The molecule has 224 valence electrons. The van der Waals surface area contributed by atoms with Crippen molar-refractivity contribution in [1.29, 1.82) is 0 Å². The number of carbonyl (C=O) groups is 2. The fourth-order valence-corrected chi connectivity index (χ4v) is 3.55. The topological polar surface area (TPSA) is 113 Å². The van der Waals surface area contributed by atoms with E-state index in [1.165, 1.54) is 6.42 Å². The minimum absolute atomic E-state index is 0.0211. The van der Waals surface area contributed by atoms with Crippen LogP contribution in [0, 0.1) is 0 Å².